The lowest BCUT2D eigenvalue weighted by Crippen LogP contribution is -2.41. The Morgan fingerprint density at radius 2 is 1.90 bits per heavy atom. The summed E-state index contributed by atoms with van der Waals surface area (Å²) in [6.45, 7) is 2.28. The molecule has 1 aliphatic rings. The second-order valence-corrected chi connectivity index (χ2v) is 10.5. The fourth-order valence-electron chi connectivity index (χ4n) is 3.82. The van der Waals surface area contributed by atoms with Crippen LogP contribution in [-0.2, 0) is 16.6 Å². The average molecular weight is 436 g/mol. The molecule has 2 amide bonds. The van der Waals surface area contributed by atoms with Gasteiger partial charge in [0.15, 0.2) is 0 Å². The molecule has 0 saturated heterocycles. The lowest BCUT2D eigenvalue weighted by molar-refractivity contribution is 0.232. The van der Waals surface area contributed by atoms with Gasteiger partial charge in [0.25, 0.3) is 10.0 Å². The van der Waals surface area contributed by atoms with Gasteiger partial charge in [0, 0.05) is 12.6 Å². The first kappa shape index (κ1) is 21.6. The first-order chi connectivity index (χ1) is 13.9. The second-order valence-electron chi connectivity index (χ2n) is 7.66. The zero-order valence-corrected chi connectivity index (χ0v) is 18.3. The van der Waals surface area contributed by atoms with Crippen LogP contribution < -0.4 is 15.4 Å². The molecule has 1 aliphatic carbocycles. The predicted molar refractivity (Wildman–Crippen MR) is 118 cm³/mol. The molecule has 1 aromatic carbocycles. The van der Waals surface area contributed by atoms with Crippen molar-refractivity contribution in [3.8, 4) is 0 Å². The minimum absolute atomic E-state index is 0.116. The maximum atomic E-state index is 12.5. The number of carbonyl (C=O) groups is 1. The summed E-state index contributed by atoms with van der Waals surface area (Å²) in [6.07, 6.45) is 7.43. The largest absolute Gasteiger partial charge is 0.336 e. The second kappa shape index (κ2) is 10.1. The summed E-state index contributed by atoms with van der Waals surface area (Å²) in [7, 11) is -3.63. The van der Waals surface area contributed by atoms with Crippen molar-refractivity contribution in [3.63, 3.8) is 0 Å². The lowest BCUT2D eigenvalue weighted by Gasteiger charge is -2.25. The van der Waals surface area contributed by atoms with Crippen LogP contribution in [-0.4, -0.2) is 20.5 Å². The van der Waals surface area contributed by atoms with E-state index in [1.54, 1.807) is 35.7 Å². The Hall–Kier alpha value is -2.06. The molecule has 0 radical (unpaired) electrons. The van der Waals surface area contributed by atoms with Gasteiger partial charge in [0.05, 0.1) is 5.69 Å². The number of amides is 2. The zero-order chi connectivity index (χ0) is 20.7. The SMILES string of the molecule is CC(CC1CCCCC1)NC(=O)NCc1ccccc1NS(=O)(=O)c1cccs1. The number of urea groups is 1. The minimum Gasteiger partial charge on any atom is -0.336 e. The minimum atomic E-state index is -3.63. The summed E-state index contributed by atoms with van der Waals surface area (Å²) in [5.74, 6) is 0.700. The van der Waals surface area contributed by atoms with Crippen molar-refractivity contribution in [3.05, 3.63) is 47.3 Å². The van der Waals surface area contributed by atoms with Crippen LogP contribution in [0.4, 0.5) is 10.5 Å². The number of nitrogens with one attached hydrogen (secondary N) is 3. The van der Waals surface area contributed by atoms with E-state index in [1.165, 1.54) is 32.1 Å². The quantitative estimate of drug-likeness (QED) is 0.561. The van der Waals surface area contributed by atoms with Crippen molar-refractivity contribution < 1.29 is 13.2 Å². The molecule has 3 N–H and O–H groups in total. The first-order valence-corrected chi connectivity index (χ1v) is 12.5. The summed E-state index contributed by atoms with van der Waals surface area (Å²) in [5, 5.41) is 7.57. The van der Waals surface area contributed by atoms with Crippen LogP contribution in [0.3, 0.4) is 0 Å². The number of hydrogen-bond donors (Lipinski definition) is 3. The third-order valence-electron chi connectivity index (χ3n) is 5.25. The van der Waals surface area contributed by atoms with E-state index in [9.17, 15) is 13.2 Å². The summed E-state index contributed by atoms with van der Waals surface area (Å²) in [5.41, 5.74) is 1.18. The molecule has 1 heterocycles. The van der Waals surface area contributed by atoms with Crippen LogP contribution in [0.25, 0.3) is 0 Å². The molecule has 3 rings (SSSR count). The third-order valence-corrected chi connectivity index (χ3v) is 8.01. The van der Waals surface area contributed by atoms with Gasteiger partial charge in [-0.1, -0.05) is 56.4 Å². The van der Waals surface area contributed by atoms with Crippen LogP contribution in [0.1, 0.15) is 51.0 Å². The number of sulfonamides is 1. The first-order valence-electron chi connectivity index (χ1n) is 10.1. The van der Waals surface area contributed by atoms with E-state index in [4.69, 9.17) is 0 Å². The summed E-state index contributed by atoms with van der Waals surface area (Å²) >= 11 is 1.16. The van der Waals surface area contributed by atoms with Crippen LogP contribution >= 0.6 is 11.3 Å². The zero-order valence-electron chi connectivity index (χ0n) is 16.7. The molecule has 158 valence electrons. The smallest absolute Gasteiger partial charge is 0.315 e. The van der Waals surface area contributed by atoms with Crippen LogP contribution in [0.15, 0.2) is 46.0 Å². The molecule has 0 bridgehead atoms. The van der Waals surface area contributed by atoms with E-state index >= 15 is 0 Å². The average Bonchev–Trinajstić information content (AvgIpc) is 3.24. The predicted octanol–water partition coefficient (Wildman–Crippen LogP) is 4.71. The highest BCUT2D eigenvalue weighted by atomic mass is 32.2. The van der Waals surface area contributed by atoms with Crippen LogP contribution in [0.2, 0.25) is 0 Å². The normalized spacial score (nSPS) is 16.2. The number of rotatable bonds is 8. The van der Waals surface area contributed by atoms with Gasteiger partial charge in [-0.25, -0.2) is 13.2 Å². The fraction of sp³-hybridized carbons (Fsp3) is 0.476. The molecule has 6 nitrogen and oxygen atoms in total. The van der Waals surface area contributed by atoms with Crippen molar-refractivity contribution in [2.45, 2.75) is 62.2 Å². The summed E-state index contributed by atoms with van der Waals surface area (Å²) in [4.78, 5) is 12.3. The van der Waals surface area contributed by atoms with Crippen LogP contribution in [0.5, 0.6) is 0 Å². The molecule has 0 spiro atoms. The van der Waals surface area contributed by atoms with E-state index in [0.29, 0.717) is 17.2 Å². The van der Waals surface area contributed by atoms with Gasteiger partial charge in [-0.05, 0) is 42.3 Å². The van der Waals surface area contributed by atoms with Gasteiger partial charge in [-0.15, -0.1) is 11.3 Å². The van der Waals surface area contributed by atoms with Crippen molar-refractivity contribution in [2.24, 2.45) is 5.92 Å². The molecular weight excluding hydrogens is 406 g/mol. The number of benzene rings is 1. The molecule has 2 aromatic rings. The van der Waals surface area contributed by atoms with Gasteiger partial charge >= 0.3 is 6.03 Å². The highest BCUT2D eigenvalue weighted by Crippen LogP contribution is 2.27. The summed E-state index contributed by atoms with van der Waals surface area (Å²) < 4.78 is 27.9. The number of carbonyl (C=O) groups excluding carboxylic acids is 1. The van der Waals surface area contributed by atoms with Gasteiger partial charge in [-0.2, -0.15) is 0 Å². The highest BCUT2D eigenvalue weighted by Gasteiger charge is 2.19. The number of anilines is 1. The Morgan fingerprint density at radius 1 is 1.14 bits per heavy atom. The molecule has 8 heteroatoms. The molecule has 1 saturated carbocycles. The maximum absolute atomic E-state index is 12.5. The molecule has 1 aromatic heterocycles. The number of hydrogen-bond acceptors (Lipinski definition) is 4. The van der Waals surface area contributed by atoms with Crippen molar-refractivity contribution in [1.82, 2.24) is 10.6 Å². The van der Waals surface area contributed by atoms with E-state index in [0.717, 1.165) is 17.8 Å². The Morgan fingerprint density at radius 3 is 2.62 bits per heavy atom. The Balaban J connectivity index is 1.53. The fourth-order valence-corrected chi connectivity index (χ4v) is 5.91. The van der Waals surface area contributed by atoms with Gasteiger partial charge in [0.1, 0.15) is 4.21 Å². The molecule has 0 aliphatic heterocycles. The van der Waals surface area contributed by atoms with E-state index in [1.807, 2.05) is 13.0 Å². The van der Waals surface area contributed by atoms with E-state index < -0.39 is 10.0 Å². The molecule has 29 heavy (non-hydrogen) atoms. The monoisotopic (exact) mass is 435 g/mol. The van der Waals surface area contributed by atoms with Crippen molar-refractivity contribution in [2.75, 3.05) is 4.72 Å². The maximum Gasteiger partial charge on any atom is 0.315 e. The third kappa shape index (κ3) is 6.47. The highest BCUT2D eigenvalue weighted by molar-refractivity contribution is 7.94. The Bertz CT molecular complexity index is 892. The lowest BCUT2D eigenvalue weighted by atomic mass is 9.85. The van der Waals surface area contributed by atoms with Gasteiger partial charge < -0.3 is 10.6 Å². The van der Waals surface area contributed by atoms with Crippen molar-refractivity contribution in [1.29, 1.82) is 0 Å². The van der Waals surface area contributed by atoms with E-state index in [2.05, 4.69) is 15.4 Å². The Kier molecular flexibility index (Phi) is 7.55. The standard InChI is InChI=1S/C21H29N3O3S2/c1-16(14-17-8-3-2-4-9-17)23-21(25)22-15-18-10-5-6-11-19(18)24-29(26,27)20-12-7-13-28-20/h5-7,10-13,16-17,24H,2-4,8-9,14-15H2,1H3,(H2,22,23,25). The molecule has 1 unspecified atom stereocenters. The van der Waals surface area contributed by atoms with Crippen LogP contribution in [0, 0.1) is 5.92 Å². The number of thiophene rings is 1. The van der Waals surface area contributed by atoms with Gasteiger partial charge in [-0.3, -0.25) is 4.72 Å². The molecule has 1 fully saturated rings. The number of para-hydroxylation sites is 1. The molecule has 1 atom stereocenters. The van der Waals surface area contributed by atoms with Crippen molar-refractivity contribution >= 4 is 33.1 Å². The van der Waals surface area contributed by atoms with E-state index in [-0.39, 0.29) is 22.8 Å². The van der Waals surface area contributed by atoms with Gasteiger partial charge in [0.2, 0.25) is 0 Å². The summed E-state index contributed by atoms with van der Waals surface area (Å²) in [6, 6.07) is 10.2. The Labute approximate surface area is 177 Å². The topological polar surface area (TPSA) is 87.3 Å². The molecular formula is C21H29N3O3S2.